The van der Waals surface area contributed by atoms with Crippen LogP contribution in [0.15, 0.2) is 71.9 Å². The summed E-state index contributed by atoms with van der Waals surface area (Å²) >= 11 is 0. The molecular formula is C20H17N5O2. The number of hydrogen-bond acceptors (Lipinski definition) is 5. The van der Waals surface area contributed by atoms with Crippen molar-refractivity contribution < 1.29 is 9.53 Å². The topological polar surface area (TPSA) is 72.6 Å². The first-order valence-corrected chi connectivity index (χ1v) is 8.36. The smallest absolute Gasteiger partial charge is 0.283 e. The fraction of sp³-hybridized carbons (Fsp3) is 0.100. The number of methoxy groups -OCH3 is 1. The molecule has 1 amide bonds. The summed E-state index contributed by atoms with van der Waals surface area (Å²) in [6, 6.07) is 15.1. The molecule has 134 valence electrons. The molecule has 0 saturated carbocycles. The largest absolute Gasteiger partial charge is 0.497 e. The van der Waals surface area contributed by atoms with Crippen LogP contribution in [0.4, 0.5) is 5.69 Å². The maximum atomic E-state index is 13.1. The van der Waals surface area contributed by atoms with E-state index in [9.17, 15) is 4.79 Å². The Bertz CT molecular complexity index is 1020. The summed E-state index contributed by atoms with van der Waals surface area (Å²) in [5.41, 5.74) is 3.01. The van der Waals surface area contributed by atoms with Gasteiger partial charge < -0.3 is 4.74 Å². The fourth-order valence-electron chi connectivity index (χ4n) is 2.75. The number of aromatic nitrogens is 3. The molecule has 0 bridgehead atoms. The minimum atomic E-state index is -0.222. The van der Waals surface area contributed by atoms with Crippen molar-refractivity contribution in [3.05, 3.63) is 78.0 Å². The van der Waals surface area contributed by atoms with E-state index in [-0.39, 0.29) is 5.91 Å². The fourth-order valence-corrected chi connectivity index (χ4v) is 2.75. The lowest BCUT2D eigenvalue weighted by atomic mass is 10.1. The molecule has 3 aromatic rings. The predicted octanol–water partition coefficient (Wildman–Crippen LogP) is 2.89. The zero-order chi connectivity index (χ0) is 18.8. The van der Waals surface area contributed by atoms with E-state index in [1.165, 1.54) is 22.2 Å². The maximum Gasteiger partial charge on any atom is 0.283 e. The molecule has 1 aliphatic heterocycles. The number of aryl methyl sites for hydroxylation is 1. The Labute approximate surface area is 156 Å². The van der Waals surface area contributed by atoms with Gasteiger partial charge in [-0.15, -0.1) is 0 Å². The van der Waals surface area contributed by atoms with Gasteiger partial charge in [-0.2, -0.15) is 9.78 Å². The number of anilines is 1. The van der Waals surface area contributed by atoms with Gasteiger partial charge in [-0.1, -0.05) is 29.8 Å². The van der Waals surface area contributed by atoms with Gasteiger partial charge in [0.25, 0.3) is 5.91 Å². The number of amides is 1. The van der Waals surface area contributed by atoms with Crippen LogP contribution in [0.3, 0.4) is 0 Å². The van der Waals surface area contributed by atoms with Gasteiger partial charge in [0.05, 0.1) is 12.8 Å². The molecule has 1 aromatic heterocycles. The molecule has 2 aromatic carbocycles. The van der Waals surface area contributed by atoms with Gasteiger partial charge in [0, 0.05) is 0 Å². The highest BCUT2D eigenvalue weighted by molar-refractivity contribution is 6.28. The summed E-state index contributed by atoms with van der Waals surface area (Å²) in [6.07, 6.45) is 4.67. The summed E-state index contributed by atoms with van der Waals surface area (Å²) in [7, 11) is 1.61. The van der Waals surface area contributed by atoms with Gasteiger partial charge in [-0.3, -0.25) is 4.79 Å². The lowest BCUT2D eigenvalue weighted by Crippen LogP contribution is -2.36. The summed E-state index contributed by atoms with van der Waals surface area (Å²) in [5.74, 6) is 0.921. The van der Waals surface area contributed by atoms with Gasteiger partial charge in [0.2, 0.25) is 5.96 Å². The molecule has 0 N–H and O–H groups in total. The Morgan fingerprint density at radius 3 is 2.41 bits per heavy atom. The Balaban J connectivity index is 1.76. The highest BCUT2D eigenvalue weighted by atomic mass is 16.5. The summed E-state index contributed by atoms with van der Waals surface area (Å²) in [5, 5.41) is 4.13. The van der Waals surface area contributed by atoms with Gasteiger partial charge in [0.15, 0.2) is 0 Å². The van der Waals surface area contributed by atoms with Crippen LogP contribution in [-0.4, -0.2) is 33.7 Å². The number of benzene rings is 2. The first-order valence-electron chi connectivity index (χ1n) is 8.36. The predicted molar refractivity (Wildman–Crippen MR) is 102 cm³/mol. The van der Waals surface area contributed by atoms with Crippen molar-refractivity contribution >= 4 is 23.6 Å². The van der Waals surface area contributed by atoms with E-state index in [1.54, 1.807) is 13.2 Å². The van der Waals surface area contributed by atoms with Crippen molar-refractivity contribution in [3.8, 4) is 5.75 Å². The monoisotopic (exact) mass is 359 g/mol. The SMILES string of the molecule is COc1ccc(/C=C2/N=C(n3cncn3)N(c3ccc(C)cc3)C2=O)cc1. The molecule has 27 heavy (non-hydrogen) atoms. The van der Waals surface area contributed by atoms with Gasteiger partial charge in [-0.05, 0) is 42.8 Å². The molecule has 4 rings (SSSR count). The zero-order valence-electron chi connectivity index (χ0n) is 14.9. The lowest BCUT2D eigenvalue weighted by Gasteiger charge is -2.17. The highest BCUT2D eigenvalue weighted by Crippen LogP contribution is 2.26. The summed E-state index contributed by atoms with van der Waals surface area (Å²) in [6.45, 7) is 2.00. The minimum Gasteiger partial charge on any atom is -0.497 e. The third kappa shape index (κ3) is 3.22. The van der Waals surface area contributed by atoms with Crippen LogP contribution in [-0.2, 0) is 4.79 Å². The molecule has 0 aliphatic carbocycles. The molecule has 0 atom stereocenters. The Kier molecular flexibility index (Phi) is 4.25. The summed E-state index contributed by atoms with van der Waals surface area (Å²) < 4.78 is 6.65. The number of aliphatic imine (C=N–C) groups is 1. The van der Waals surface area contributed by atoms with E-state index in [0.29, 0.717) is 11.7 Å². The lowest BCUT2D eigenvalue weighted by molar-refractivity contribution is -0.113. The second-order valence-electron chi connectivity index (χ2n) is 6.03. The van der Waals surface area contributed by atoms with Crippen molar-refractivity contribution in [2.24, 2.45) is 4.99 Å². The first kappa shape index (κ1) is 16.7. The molecule has 0 unspecified atom stereocenters. The average molecular weight is 359 g/mol. The average Bonchev–Trinajstić information content (AvgIpc) is 3.32. The van der Waals surface area contributed by atoms with E-state index in [4.69, 9.17) is 4.74 Å². The maximum absolute atomic E-state index is 13.1. The normalized spacial score (nSPS) is 15.3. The van der Waals surface area contributed by atoms with E-state index >= 15 is 0 Å². The van der Waals surface area contributed by atoms with E-state index < -0.39 is 0 Å². The zero-order valence-corrected chi connectivity index (χ0v) is 14.9. The van der Waals surface area contributed by atoms with Crippen LogP contribution in [0.5, 0.6) is 5.75 Å². The van der Waals surface area contributed by atoms with Crippen LogP contribution < -0.4 is 9.64 Å². The molecule has 7 nitrogen and oxygen atoms in total. The molecule has 0 radical (unpaired) electrons. The van der Waals surface area contributed by atoms with E-state index in [2.05, 4.69) is 15.1 Å². The van der Waals surface area contributed by atoms with Crippen molar-refractivity contribution in [3.63, 3.8) is 0 Å². The Morgan fingerprint density at radius 1 is 1.04 bits per heavy atom. The molecular weight excluding hydrogens is 342 g/mol. The first-order chi connectivity index (χ1) is 13.2. The number of nitrogens with zero attached hydrogens (tertiary/aromatic N) is 5. The van der Waals surface area contributed by atoms with Gasteiger partial charge in [-0.25, -0.2) is 14.9 Å². The molecule has 0 spiro atoms. The van der Waals surface area contributed by atoms with Crippen LogP contribution in [0.25, 0.3) is 6.08 Å². The number of rotatable bonds is 3. The second kappa shape index (κ2) is 6.87. The molecule has 1 aliphatic rings. The van der Waals surface area contributed by atoms with Crippen molar-refractivity contribution in [1.29, 1.82) is 0 Å². The Morgan fingerprint density at radius 2 is 1.78 bits per heavy atom. The molecule has 7 heteroatoms. The Hall–Kier alpha value is -3.74. The van der Waals surface area contributed by atoms with Gasteiger partial charge in [0.1, 0.15) is 24.1 Å². The number of carbonyl (C=O) groups excluding carboxylic acids is 1. The number of ether oxygens (including phenoxy) is 1. The third-order valence-corrected chi connectivity index (χ3v) is 4.18. The quantitative estimate of drug-likeness (QED) is 0.674. The van der Waals surface area contributed by atoms with Crippen LogP contribution in [0.1, 0.15) is 11.1 Å². The number of carbonyl (C=O) groups is 1. The minimum absolute atomic E-state index is 0.222. The van der Waals surface area contributed by atoms with Crippen LogP contribution in [0.2, 0.25) is 0 Å². The third-order valence-electron chi connectivity index (χ3n) is 4.18. The molecule has 2 heterocycles. The number of hydrogen-bond donors (Lipinski definition) is 0. The molecule has 0 saturated heterocycles. The van der Waals surface area contributed by atoms with E-state index in [1.807, 2.05) is 55.5 Å². The van der Waals surface area contributed by atoms with Crippen molar-refractivity contribution in [1.82, 2.24) is 14.8 Å². The van der Waals surface area contributed by atoms with Crippen molar-refractivity contribution in [2.75, 3.05) is 12.0 Å². The molecule has 0 fully saturated rings. The summed E-state index contributed by atoms with van der Waals surface area (Å²) in [4.78, 5) is 23.1. The van der Waals surface area contributed by atoms with Crippen molar-refractivity contribution in [2.45, 2.75) is 6.92 Å². The van der Waals surface area contributed by atoms with Crippen LogP contribution in [0, 0.1) is 6.92 Å². The van der Waals surface area contributed by atoms with Crippen LogP contribution >= 0.6 is 0 Å². The highest BCUT2D eigenvalue weighted by Gasteiger charge is 2.33. The standard InChI is InChI=1S/C20H17N5O2/c1-14-3-7-16(8-4-14)25-19(26)18(23-20(25)24-13-21-12-22-24)11-15-5-9-17(27-2)10-6-15/h3-13H,1-2H3/b18-11+. The van der Waals surface area contributed by atoms with E-state index in [0.717, 1.165) is 22.6 Å². The van der Waals surface area contributed by atoms with Gasteiger partial charge >= 0.3 is 0 Å². The second-order valence-corrected chi connectivity index (χ2v) is 6.03.